The van der Waals surface area contributed by atoms with Gasteiger partial charge in [0.05, 0.1) is 32.7 Å². The number of rotatable bonds is 25. The number of esters is 1. The van der Waals surface area contributed by atoms with Gasteiger partial charge in [0.2, 0.25) is 29.5 Å². The van der Waals surface area contributed by atoms with Crippen LogP contribution >= 0.6 is 0 Å². The number of benzene rings is 1. The van der Waals surface area contributed by atoms with Crippen molar-refractivity contribution in [1.82, 2.24) is 57.2 Å². The van der Waals surface area contributed by atoms with Crippen molar-refractivity contribution in [3.8, 4) is 0 Å². The molecule has 0 heterocycles. The van der Waals surface area contributed by atoms with Crippen LogP contribution in [-0.2, 0) is 40.1 Å². The first-order valence-corrected chi connectivity index (χ1v) is 18.1. The van der Waals surface area contributed by atoms with E-state index in [2.05, 4.69) is 27.1 Å². The second kappa shape index (κ2) is 25.0. The molecule has 0 aliphatic rings. The summed E-state index contributed by atoms with van der Waals surface area (Å²) >= 11 is 0. The van der Waals surface area contributed by atoms with Gasteiger partial charge in [-0.15, -0.1) is 0 Å². The Morgan fingerprint density at radius 2 is 1.02 bits per heavy atom. The minimum absolute atomic E-state index is 0.0378. The minimum atomic E-state index is -0.498. The number of ether oxygens (including phenoxy) is 1. The Bertz CT molecular complexity index is 1330. The number of nitrogens with two attached hydrogens (primary N) is 1. The number of hydrogen-bond donors (Lipinski definition) is 6. The molecular formula is C35H64N12O7. The van der Waals surface area contributed by atoms with E-state index in [0.717, 1.165) is 5.56 Å². The lowest BCUT2D eigenvalue weighted by atomic mass is 10.2. The highest BCUT2D eigenvalue weighted by molar-refractivity contribution is 5.83. The Hall–Kier alpha value is -4.24. The molecule has 0 atom stereocenters. The van der Waals surface area contributed by atoms with Crippen LogP contribution in [0.3, 0.4) is 0 Å². The van der Waals surface area contributed by atoms with Gasteiger partial charge >= 0.3 is 5.97 Å². The highest BCUT2D eigenvalue weighted by Crippen LogP contribution is 2.03. The number of likely N-dealkylation sites (N-methyl/N-ethyl adjacent to an activating group) is 2. The molecule has 7 N–H and O–H groups in total. The zero-order valence-corrected chi connectivity index (χ0v) is 33.7. The Morgan fingerprint density at radius 3 is 1.48 bits per heavy atom. The summed E-state index contributed by atoms with van der Waals surface area (Å²) in [6, 6.07) is 8.95. The monoisotopic (exact) mass is 765 g/mol. The molecule has 0 aromatic heterocycles. The molecule has 0 radical (unpaired) electrons. The summed E-state index contributed by atoms with van der Waals surface area (Å²) in [5.74, 6) is 3.26. The fourth-order valence-corrected chi connectivity index (χ4v) is 4.77. The first-order chi connectivity index (χ1) is 25.2. The smallest absolute Gasteiger partial charge is 0.322 e. The maximum atomic E-state index is 13.1. The van der Waals surface area contributed by atoms with Crippen LogP contribution < -0.4 is 33.0 Å². The highest BCUT2D eigenvalue weighted by Gasteiger charge is 2.23. The fraction of sp³-hybridized carbons (Fsp3) is 0.657. The first kappa shape index (κ1) is 47.8. The third-order valence-electron chi connectivity index (χ3n) is 7.22. The van der Waals surface area contributed by atoms with E-state index in [0.29, 0.717) is 13.1 Å². The van der Waals surface area contributed by atoms with E-state index < -0.39 is 29.6 Å². The van der Waals surface area contributed by atoms with E-state index in [1.54, 1.807) is 13.8 Å². The van der Waals surface area contributed by atoms with Crippen LogP contribution in [0.4, 0.5) is 0 Å². The van der Waals surface area contributed by atoms with Gasteiger partial charge < -0.3 is 4.74 Å². The van der Waals surface area contributed by atoms with E-state index in [1.165, 1.54) is 44.1 Å². The van der Waals surface area contributed by atoms with Crippen LogP contribution in [0.15, 0.2) is 30.3 Å². The van der Waals surface area contributed by atoms with Crippen molar-refractivity contribution >= 4 is 35.5 Å². The second-order valence-corrected chi connectivity index (χ2v) is 14.6. The van der Waals surface area contributed by atoms with Crippen LogP contribution in [-0.4, -0.2) is 144 Å². The van der Waals surface area contributed by atoms with Gasteiger partial charge in [0.15, 0.2) is 0 Å². The van der Waals surface area contributed by atoms with Gasteiger partial charge in [-0.25, -0.2) is 30.1 Å². The van der Waals surface area contributed by atoms with Crippen LogP contribution in [0.5, 0.6) is 0 Å². The van der Waals surface area contributed by atoms with E-state index in [9.17, 15) is 28.8 Å². The predicted octanol–water partition coefficient (Wildman–Crippen LogP) is -1.04. The Labute approximate surface area is 320 Å². The van der Waals surface area contributed by atoms with Crippen molar-refractivity contribution in [2.24, 2.45) is 17.7 Å². The molecule has 0 fully saturated rings. The van der Waals surface area contributed by atoms with Gasteiger partial charge in [0, 0.05) is 39.3 Å². The largest absolute Gasteiger partial charge is 0.460 e. The Balaban J connectivity index is 2.67. The Kier molecular flexibility index (Phi) is 22.1. The number of nitrogens with zero attached hydrogens (tertiary/aromatic N) is 6. The van der Waals surface area contributed by atoms with Gasteiger partial charge in [-0.2, -0.15) is 0 Å². The molecule has 19 heteroatoms. The molecule has 1 aromatic rings. The molecule has 0 unspecified atom stereocenters. The molecule has 0 saturated carbocycles. The lowest BCUT2D eigenvalue weighted by Crippen LogP contribution is -2.57. The highest BCUT2D eigenvalue weighted by atomic mass is 16.5. The third kappa shape index (κ3) is 22.1. The second-order valence-electron chi connectivity index (χ2n) is 14.6. The van der Waals surface area contributed by atoms with Gasteiger partial charge in [0.25, 0.3) is 0 Å². The maximum absolute atomic E-state index is 13.1. The average Bonchev–Trinajstić information content (AvgIpc) is 3.02. The van der Waals surface area contributed by atoms with Crippen LogP contribution in [0, 0.1) is 11.8 Å². The van der Waals surface area contributed by atoms with Crippen molar-refractivity contribution in [3.63, 3.8) is 0 Å². The summed E-state index contributed by atoms with van der Waals surface area (Å²) in [5, 5.41) is 8.38. The summed E-state index contributed by atoms with van der Waals surface area (Å²) < 4.78 is 5.36. The lowest BCUT2D eigenvalue weighted by molar-refractivity contribution is -0.148. The maximum Gasteiger partial charge on any atom is 0.322 e. The van der Waals surface area contributed by atoms with Gasteiger partial charge in [-0.1, -0.05) is 58.0 Å². The zero-order chi connectivity index (χ0) is 41.0. The molecule has 1 aromatic carbocycles. The van der Waals surface area contributed by atoms with Crippen LogP contribution in [0.2, 0.25) is 0 Å². The SMILES string of the molecule is CC(C)CN(CC(=O)NN(CC(=O)NN(C)CC(=O)NN(CC(=O)OCc1ccccc1)CC(C)C)C(C)C)NC(=O)CN(C)NC(=O)CN(N)C(C)C. The van der Waals surface area contributed by atoms with Crippen LogP contribution in [0.1, 0.15) is 61.0 Å². The normalized spacial score (nSPS) is 11.8. The van der Waals surface area contributed by atoms with Crippen molar-refractivity contribution in [3.05, 3.63) is 35.9 Å². The van der Waals surface area contributed by atoms with Crippen LogP contribution in [0.25, 0.3) is 0 Å². The zero-order valence-electron chi connectivity index (χ0n) is 33.7. The van der Waals surface area contributed by atoms with Crippen molar-refractivity contribution in [1.29, 1.82) is 0 Å². The van der Waals surface area contributed by atoms with Crippen molar-refractivity contribution in [2.75, 3.05) is 66.5 Å². The molecule has 19 nitrogen and oxygen atoms in total. The number of hydrogen-bond acceptors (Lipinski definition) is 14. The molecule has 5 amide bonds. The Morgan fingerprint density at radius 1 is 0.574 bits per heavy atom. The van der Waals surface area contributed by atoms with Crippen molar-refractivity contribution < 1.29 is 33.5 Å². The van der Waals surface area contributed by atoms with Crippen molar-refractivity contribution in [2.45, 2.75) is 74.1 Å². The molecule has 54 heavy (non-hydrogen) atoms. The molecule has 0 aliphatic carbocycles. The fourth-order valence-electron chi connectivity index (χ4n) is 4.77. The number of carbonyl (C=O) groups is 6. The summed E-state index contributed by atoms with van der Waals surface area (Å²) in [6.45, 7) is 14.8. The summed E-state index contributed by atoms with van der Waals surface area (Å²) in [5.41, 5.74) is 14.2. The molecular weight excluding hydrogens is 700 g/mol. The summed E-state index contributed by atoms with van der Waals surface area (Å²) in [6.07, 6.45) is 0. The molecule has 306 valence electrons. The van der Waals surface area contributed by atoms with E-state index in [4.69, 9.17) is 10.6 Å². The molecule has 0 bridgehead atoms. The quantitative estimate of drug-likeness (QED) is 0.0399. The lowest BCUT2D eigenvalue weighted by Gasteiger charge is -2.30. The first-order valence-electron chi connectivity index (χ1n) is 18.1. The number of carbonyl (C=O) groups excluding carboxylic acids is 6. The predicted molar refractivity (Wildman–Crippen MR) is 203 cm³/mol. The minimum Gasteiger partial charge on any atom is -0.460 e. The molecule has 1 rings (SSSR count). The average molecular weight is 765 g/mol. The topological polar surface area (TPSA) is 217 Å². The van der Waals surface area contributed by atoms with E-state index >= 15 is 0 Å². The number of amides is 5. The van der Waals surface area contributed by atoms with Gasteiger partial charge in [-0.05, 0) is 45.1 Å². The summed E-state index contributed by atoms with van der Waals surface area (Å²) in [4.78, 5) is 76.4. The molecule has 0 saturated heterocycles. The summed E-state index contributed by atoms with van der Waals surface area (Å²) in [7, 11) is 3.06. The number of hydrazine groups is 6. The molecule has 0 spiro atoms. The van der Waals surface area contributed by atoms with Gasteiger partial charge in [0.1, 0.15) is 13.2 Å². The standard InChI is InChI=1S/C35H64N12O7/c1-25(2)16-44(39-30(48)18-42(9)37-33(51)21-46(36)27(5)6)20-32(50)41-47(28(7)8)22-34(52)38-43(10)19-31(49)40-45(17-26(3)4)23-35(53)54-24-29-14-12-11-13-15-29/h11-15,25-28H,16-24,36H2,1-10H3,(H,37,51)(H,38,52)(H,39,48)(H,40,49)(H,41,50). The van der Waals surface area contributed by atoms with Gasteiger partial charge in [-0.3, -0.25) is 61.7 Å². The van der Waals surface area contributed by atoms with E-state index in [1.807, 2.05) is 71.9 Å². The van der Waals surface area contributed by atoms with E-state index in [-0.39, 0.29) is 75.7 Å². The molecule has 0 aliphatic heterocycles. The third-order valence-corrected chi connectivity index (χ3v) is 7.22. The number of nitrogens with one attached hydrogen (secondary N) is 5.